The minimum absolute atomic E-state index is 0.612. The summed E-state index contributed by atoms with van der Waals surface area (Å²) in [5.74, 6) is 0. The van der Waals surface area contributed by atoms with Crippen molar-refractivity contribution in [3.05, 3.63) is 45.1 Å². The quantitative estimate of drug-likeness (QED) is 0.333. The van der Waals surface area contributed by atoms with Gasteiger partial charge in [0.05, 0.1) is 0 Å². The van der Waals surface area contributed by atoms with Crippen molar-refractivity contribution in [1.82, 2.24) is 0 Å². The van der Waals surface area contributed by atoms with E-state index in [2.05, 4.69) is 103 Å². The van der Waals surface area contributed by atoms with Crippen LogP contribution in [-0.2, 0) is 0 Å². The zero-order valence-electron chi connectivity index (χ0n) is 19.9. The number of hydrogen-bond donors (Lipinski definition) is 0. The van der Waals surface area contributed by atoms with Gasteiger partial charge in [0.15, 0.2) is 0 Å². The van der Waals surface area contributed by atoms with Gasteiger partial charge in [-0.2, -0.15) is 0 Å². The molecule has 0 amide bonds. The van der Waals surface area contributed by atoms with E-state index in [9.17, 15) is 0 Å². The van der Waals surface area contributed by atoms with Gasteiger partial charge in [0.2, 0.25) is 0 Å². The summed E-state index contributed by atoms with van der Waals surface area (Å²) in [6.45, 7) is 30.4. The van der Waals surface area contributed by atoms with Crippen LogP contribution in [-0.4, -0.2) is 47.3 Å². The molecule has 0 bridgehead atoms. The van der Waals surface area contributed by atoms with Crippen molar-refractivity contribution in [1.29, 1.82) is 0 Å². The summed E-state index contributed by atoms with van der Waals surface area (Å²) in [5, 5.41) is 7.12. The van der Waals surface area contributed by atoms with Gasteiger partial charge in [0, 0.05) is 0 Å². The van der Waals surface area contributed by atoms with Gasteiger partial charge in [0.25, 0.3) is 0 Å². The zero-order valence-corrected chi connectivity index (χ0v) is 25.6. The molecular weight excluding hydrogens is 456 g/mol. The van der Waals surface area contributed by atoms with E-state index < -0.39 is 32.3 Å². The predicted molar refractivity (Wildman–Crippen MR) is 139 cm³/mol. The fraction of sp³-hybridized carbons (Fsp3) is 0.636. The fourth-order valence-corrected chi connectivity index (χ4v) is 17.8. The van der Waals surface area contributed by atoms with Crippen LogP contribution in [0.5, 0.6) is 0 Å². The maximum atomic E-state index is 2.72. The molecule has 2 aliphatic carbocycles. The Hall–Kier alpha value is 0.347. The summed E-state index contributed by atoms with van der Waals surface area (Å²) < 4.78 is 0. The Balaban J connectivity index is 2.41. The Bertz CT molecular complexity index is 651. The van der Waals surface area contributed by atoms with Crippen LogP contribution >= 0.6 is 0 Å². The van der Waals surface area contributed by atoms with Gasteiger partial charge >= 0.3 is 181 Å². The average molecular weight is 498 g/mol. The van der Waals surface area contributed by atoms with E-state index in [0.717, 1.165) is 9.63 Å². The number of allylic oxidation sites excluding steroid dienone is 8. The molecule has 2 aliphatic rings. The van der Waals surface area contributed by atoms with Crippen molar-refractivity contribution in [3.63, 3.8) is 0 Å². The molecule has 2 rings (SSSR count). The van der Waals surface area contributed by atoms with Crippen molar-refractivity contribution < 1.29 is 0 Å². The van der Waals surface area contributed by atoms with E-state index in [1.165, 1.54) is 0 Å². The summed E-state index contributed by atoms with van der Waals surface area (Å²) in [6.07, 6.45) is 10.8. The van der Waals surface area contributed by atoms with E-state index in [4.69, 9.17) is 0 Å². The molecule has 0 aliphatic heterocycles. The standard InChI is InChI=1S/C22H42SeSi4/c1-24(2,3)17-13-19(21(15-17)26(7,8)9)23-20-14-18(25(4,5)6)16-22(20)27(10,11)12/h13-16,19-20H,1-12H3. The average Bonchev–Trinajstić information content (AvgIpc) is 3.00. The molecule has 0 saturated carbocycles. The van der Waals surface area contributed by atoms with Crippen LogP contribution in [0, 0.1) is 0 Å². The van der Waals surface area contributed by atoms with E-state index in [1.54, 1.807) is 10.4 Å². The third-order valence-corrected chi connectivity index (χ3v) is 17.9. The van der Waals surface area contributed by atoms with Crippen LogP contribution in [0.2, 0.25) is 88.2 Å². The molecule has 0 aromatic carbocycles. The second-order valence-corrected chi connectivity index (χ2v) is 35.4. The zero-order chi connectivity index (χ0) is 21.0. The SMILES string of the molecule is C[Si](C)(C)C1=CC([Se]C2C=C([Si](C)(C)C)C=C2[Si](C)(C)C)C([Si](C)(C)C)=C1. The summed E-state index contributed by atoms with van der Waals surface area (Å²) in [4.78, 5) is 1.49. The molecule has 0 saturated heterocycles. The first-order valence-corrected chi connectivity index (χ1v) is 26.4. The van der Waals surface area contributed by atoms with Gasteiger partial charge in [-0.25, -0.2) is 0 Å². The second kappa shape index (κ2) is 7.55. The van der Waals surface area contributed by atoms with Crippen molar-refractivity contribution in [2.75, 3.05) is 0 Å². The third-order valence-electron chi connectivity index (χ3n) is 5.65. The van der Waals surface area contributed by atoms with Gasteiger partial charge in [-0.15, -0.1) is 0 Å². The molecule has 2 unspecified atom stereocenters. The molecule has 0 nitrogen and oxygen atoms in total. The fourth-order valence-electron chi connectivity index (χ4n) is 3.70. The maximum absolute atomic E-state index is 2.72. The van der Waals surface area contributed by atoms with Gasteiger partial charge in [-0.3, -0.25) is 0 Å². The Morgan fingerprint density at radius 1 is 0.519 bits per heavy atom. The van der Waals surface area contributed by atoms with Gasteiger partial charge in [-0.1, -0.05) is 0 Å². The van der Waals surface area contributed by atoms with Crippen LogP contribution in [0.25, 0.3) is 0 Å². The van der Waals surface area contributed by atoms with E-state index in [0.29, 0.717) is 15.0 Å². The molecule has 5 heteroatoms. The molecule has 0 fully saturated rings. The number of rotatable bonds is 6. The molecule has 152 valence electrons. The first-order valence-electron chi connectivity index (χ1n) is 10.4. The first-order chi connectivity index (χ1) is 11.9. The molecule has 0 N–H and O–H groups in total. The topological polar surface area (TPSA) is 0 Å². The van der Waals surface area contributed by atoms with Gasteiger partial charge in [0.1, 0.15) is 0 Å². The van der Waals surface area contributed by atoms with Gasteiger partial charge < -0.3 is 0 Å². The van der Waals surface area contributed by atoms with Crippen LogP contribution < -0.4 is 0 Å². The summed E-state index contributed by atoms with van der Waals surface area (Å²) in [6, 6.07) is 0. The Labute approximate surface area is 179 Å². The Morgan fingerprint density at radius 3 is 1.04 bits per heavy atom. The molecule has 0 aromatic heterocycles. The summed E-state index contributed by atoms with van der Waals surface area (Å²) in [7, 11) is -5.02. The van der Waals surface area contributed by atoms with Crippen LogP contribution in [0.1, 0.15) is 0 Å². The minimum atomic E-state index is -1.27. The summed E-state index contributed by atoms with van der Waals surface area (Å²) in [5.41, 5.74) is 0. The molecule has 0 aromatic rings. The predicted octanol–water partition coefficient (Wildman–Crippen LogP) is 7.51. The van der Waals surface area contributed by atoms with E-state index >= 15 is 0 Å². The second-order valence-electron chi connectivity index (χ2n) is 12.4. The third kappa shape index (κ3) is 5.70. The normalized spacial score (nSPS) is 24.6. The molecule has 0 radical (unpaired) electrons. The van der Waals surface area contributed by atoms with Crippen molar-refractivity contribution >= 4 is 47.3 Å². The molecule has 0 spiro atoms. The van der Waals surface area contributed by atoms with Crippen molar-refractivity contribution in [3.8, 4) is 0 Å². The van der Waals surface area contributed by atoms with Crippen molar-refractivity contribution in [2.24, 2.45) is 0 Å². The molecule has 0 heterocycles. The number of hydrogen-bond acceptors (Lipinski definition) is 0. The van der Waals surface area contributed by atoms with Crippen LogP contribution in [0.15, 0.2) is 45.1 Å². The summed E-state index contributed by atoms with van der Waals surface area (Å²) >= 11 is 0.612. The Kier molecular flexibility index (Phi) is 6.61. The van der Waals surface area contributed by atoms with E-state index in [-0.39, 0.29) is 0 Å². The first kappa shape index (κ1) is 23.6. The van der Waals surface area contributed by atoms with Crippen molar-refractivity contribution in [2.45, 2.75) is 88.2 Å². The molecule has 27 heavy (non-hydrogen) atoms. The Morgan fingerprint density at radius 2 is 0.815 bits per heavy atom. The van der Waals surface area contributed by atoms with Crippen LogP contribution in [0.4, 0.5) is 0 Å². The molecular formula is C22H42SeSi4. The van der Waals surface area contributed by atoms with Gasteiger partial charge in [-0.05, 0) is 0 Å². The molecule has 2 atom stereocenters. The van der Waals surface area contributed by atoms with E-state index in [1.807, 2.05) is 10.4 Å². The van der Waals surface area contributed by atoms with Crippen LogP contribution in [0.3, 0.4) is 0 Å². The monoisotopic (exact) mass is 498 g/mol.